The van der Waals surface area contributed by atoms with Crippen LogP contribution in [0.15, 0.2) is 36.4 Å². The average molecular weight is 327 g/mol. The minimum absolute atomic E-state index is 0.0697. The molecule has 1 N–H and O–H groups in total. The van der Waals surface area contributed by atoms with E-state index >= 15 is 0 Å². The van der Waals surface area contributed by atoms with Crippen LogP contribution in [0.2, 0.25) is 0 Å². The summed E-state index contributed by atoms with van der Waals surface area (Å²) < 4.78 is 10.6. The largest absolute Gasteiger partial charge is 0.493 e. The van der Waals surface area contributed by atoms with Crippen molar-refractivity contribution in [1.82, 2.24) is 5.32 Å². The topological polar surface area (TPSA) is 47.6 Å². The standard InChI is InChI=1S/C20H25NO3/c1-6-17(15-9-10-18(23-4)19(12-15)24-5)21-20(22)16-8-7-13(2)14(3)11-16/h7-12,17H,6H2,1-5H3,(H,21,22)/t17-/m0/s1. The van der Waals surface area contributed by atoms with Crippen LogP contribution in [-0.4, -0.2) is 20.1 Å². The molecule has 1 amide bonds. The maximum atomic E-state index is 12.6. The Balaban J connectivity index is 2.22. The Bertz CT molecular complexity index is 725. The van der Waals surface area contributed by atoms with Gasteiger partial charge in [-0.15, -0.1) is 0 Å². The normalized spacial score (nSPS) is 11.7. The molecule has 0 aliphatic rings. The Morgan fingerprint density at radius 2 is 1.71 bits per heavy atom. The lowest BCUT2D eigenvalue weighted by atomic mass is 10.0. The number of hydrogen-bond donors (Lipinski definition) is 1. The highest BCUT2D eigenvalue weighted by Crippen LogP contribution is 2.31. The molecule has 0 heterocycles. The van der Waals surface area contributed by atoms with Crippen LogP contribution in [0.3, 0.4) is 0 Å². The fourth-order valence-corrected chi connectivity index (χ4v) is 2.61. The number of methoxy groups -OCH3 is 2. The summed E-state index contributed by atoms with van der Waals surface area (Å²) in [6, 6.07) is 11.4. The van der Waals surface area contributed by atoms with Gasteiger partial charge in [-0.25, -0.2) is 0 Å². The lowest BCUT2D eigenvalue weighted by Gasteiger charge is -2.19. The molecule has 0 spiro atoms. The molecule has 128 valence electrons. The number of carbonyl (C=O) groups excluding carboxylic acids is 1. The highest BCUT2D eigenvalue weighted by molar-refractivity contribution is 5.94. The summed E-state index contributed by atoms with van der Waals surface area (Å²) in [7, 11) is 3.21. The van der Waals surface area contributed by atoms with Crippen LogP contribution in [0.5, 0.6) is 11.5 Å². The molecule has 0 fully saturated rings. The van der Waals surface area contributed by atoms with E-state index in [1.807, 2.05) is 57.2 Å². The van der Waals surface area contributed by atoms with Gasteiger partial charge in [0, 0.05) is 5.56 Å². The van der Waals surface area contributed by atoms with Gasteiger partial charge < -0.3 is 14.8 Å². The number of rotatable bonds is 6. The zero-order valence-corrected chi connectivity index (χ0v) is 15.0. The lowest BCUT2D eigenvalue weighted by Crippen LogP contribution is -2.28. The summed E-state index contributed by atoms with van der Waals surface area (Å²) in [5, 5.41) is 3.10. The molecule has 24 heavy (non-hydrogen) atoms. The zero-order chi connectivity index (χ0) is 17.7. The minimum Gasteiger partial charge on any atom is -0.493 e. The molecule has 0 aromatic heterocycles. The SMILES string of the molecule is CC[C@H](NC(=O)c1ccc(C)c(C)c1)c1ccc(OC)c(OC)c1. The van der Waals surface area contributed by atoms with Crippen LogP contribution in [0, 0.1) is 13.8 Å². The van der Waals surface area contributed by atoms with Gasteiger partial charge in [0.1, 0.15) is 0 Å². The monoisotopic (exact) mass is 327 g/mol. The first-order chi connectivity index (χ1) is 11.5. The van der Waals surface area contributed by atoms with E-state index in [1.165, 1.54) is 5.56 Å². The summed E-state index contributed by atoms with van der Waals surface area (Å²) in [5.74, 6) is 1.27. The average Bonchev–Trinajstić information content (AvgIpc) is 2.61. The Hall–Kier alpha value is -2.49. The molecule has 0 saturated carbocycles. The van der Waals surface area contributed by atoms with Gasteiger partial charge >= 0.3 is 0 Å². The van der Waals surface area contributed by atoms with Crippen LogP contribution in [0.25, 0.3) is 0 Å². The van der Waals surface area contributed by atoms with Crippen LogP contribution in [-0.2, 0) is 0 Å². The van der Waals surface area contributed by atoms with Gasteiger partial charge in [-0.1, -0.05) is 19.1 Å². The third-order valence-electron chi connectivity index (χ3n) is 4.29. The first-order valence-corrected chi connectivity index (χ1v) is 8.10. The van der Waals surface area contributed by atoms with E-state index in [1.54, 1.807) is 14.2 Å². The van der Waals surface area contributed by atoms with Crippen molar-refractivity contribution in [2.24, 2.45) is 0 Å². The summed E-state index contributed by atoms with van der Waals surface area (Å²) in [6.45, 7) is 6.09. The number of ether oxygens (including phenoxy) is 2. The molecule has 4 heteroatoms. The molecule has 4 nitrogen and oxygen atoms in total. The maximum Gasteiger partial charge on any atom is 0.251 e. The van der Waals surface area contributed by atoms with Crippen molar-refractivity contribution >= 4 is 5.91 Å². The zero-order valence-electron chi connectivity index (χ0n) is 15.0. The Morgan fingerprint density at radius 1 is 1.00 bits per heavy atom. The molecule has 1 atom stereocenters. The summed E-state index contributed by atoms with van der Waals surface area (Å²) in [6.07, 6.45) is 0.784. The maximum absolute atomic E-state index is 12.6. The van der Waals surface area contributed by atoms with Gasteiger partial charge in [-0.3, -0.25) is 4.79 Å². The van der Waals surface area contributed by atoms with Gasteiger partial charge in [-0.05, 0) is 61.2 Å². The van der Waals surface area contributed by atoms with Crippen LogP contribution >= 0.6 is 0 Å². The Kier molecular flexibility index (Phi) is 5.85. The van der Waals surface area contributed by atoms with Gasteiger partial charge in [0.25, 0.3) is 5.91 Å². The molecule has 0 unspecified atom stereocenters. The minimum atomic E-state index is -0.0843. The number of amides is 1. The highest BCUT2D eigenvalue weighted by Gasteiger charge is 2.16. The molecule has 0 aliphatic heterocycles. The number of carbonyl (C=O) groups is 1. The van der Waals surface area contributed by atoms with E-state index in [-0.39, 0.29) is 11.9 Å². The fraction of sp³-hybridized carbons (Fsp3) is 0.350. The van der Waals surface area contributed by atoms with Crippen molar-refractivity contribution in [1.29, 1.82) is 0 Å². The van der Waals surface area contributed by atoms with E-state index in [0.29, 0.717) is 17.1 Å². The van der Waals surface area contributed by atoms with E-state index in [9.17, 15) is 4.79 Å². The molecule has 0 aliphatic carbocycles. The van der Waals surface area contributed by atoms with E-state index in [4.69, 9.17) is 9.47 Å². The summed E-state index contributed by atoms with van der Waals surface area (Å²) in [5.41, 5.74) is 3.96. The van der Waals surface area contributed by atoms with Crippen molar-refractivity contribution in [3.05, 3.63) is 58.7 Å². The first-order valence-electron chi connectivity index (χ1n) is 8.10. The second-order valence-corrected chi connectivity index (χ2v) is 5.85. The van der Waals surface area contributed by atoms with Gasteiger partial charge in [0.05, 0.1) is 20.3 Å². The smallest absolute Gasteiger partial charge is 0.251 e. The van der Waals surface area contributed by atoms with Crippen molar-refractivity contribution in [2.75, 3.05) is 14.2 Å². The number of aryl methyl sites for hydroxylation is 2. The number of hydrogen-bond acceptors (Lipinski definition) is 3. The second kappa shape index (κ2) is 7.86. The predicted molar refractivity (Wildman–Crippen MR) is 96.0 cm³/mol. The molecule has 0 bridgehead atoms. The van der Waals surface area contributed by atoms with Gasteiger partial charge in [0.2, 0.25) is 0 Å². The number of benzene rings is 2. The van der Waals surface area contributed by atoms with E-state index < -0.39 is 0 Å². The fourth-order valence-electron chi connectivity index (χ4n) is 2.61. The summed E-state index contributed by atoms with van der Waals surface area (Å²) >= 11 is 0. The van der Waals surface area contributed by atoms with Crippen molar-refractivity contribution < 1.29 is 14.3 Å². The van der Waals surface area contributed by atoms with Crippen LogP contribution < -0.4 is 14.8 Å². The first kappa shape index (κ1) is 17.9. The van der Waals surface area contributed by atoms with Gasteiger partial charge in [0.15, 0.2) is 11.5 Å². The molecular formula is C20H25NO3. The lowest BCUT2D eigenvalue weighted by molar-refractivity contribution is 0.0935. The number of nitrogens with one attached hydrogen (secondary N) is 1. The van der Waals surface area contributed by atoms with Crippen molar-refractivity contribution in [2.45, 2.75) is 33.2 Å². The Morgan fingerprint density at radius 3 is 2.29 bits per heavy atom. The Labute approximate surface area is 143 Å². The molecule has 0 saturated heterocycles. The third kappa shape index (κ3) is 3.88. The second-order valence-electron chi connectivity index (χ2n) is 5.85. The highest BCUT2D eigenvalue weighted by atomic mass is 16.5. The third-order valence-corrected chi connectivity index (χ3v) is 4.29. The van der Waals surface area contributed by atoms with E-state index in [2.05, 4.69) is 5.32 Å². The summed E-state index contributed by atoms with van der Waals surface area (Å²) in [4.78, 5) is 12.6. The molecular weight excluding hydrogens is 302 g/mol. The molecule has 2 aromatic carbocycles. The molecule has 0 radical (unpaired) electrons. The van der Waals surface area contributed by atoms with Crippen molar-refractivity contribution in [3.63, 3.8) is 0 Å². The van der Waals surface area contributed by atoms with Crippen LogP contribution in [0.4, 0.5) is 0 Å². The van der Waals surface area contributed by atoms with Crippen LogP contribution in [0.1, 0.15) is 46.4 Å². The predicted octanol–water partition coefficient (Wildman–Crippen LogP) is 4.20. The van der Waals surface area contributed by atoms with E-state index in [0.717, 1.165) is 17.5 Å². The quantitative estimate of drug-likeness (QED) is 0.865. The molecule has 2 aromatic rings. The van der Waals surface area contributed by atoms with Gasteiger partial charge in [-0.2, -0.15) is 0 Å². The van der Waals surface area contributed by atoms with Crippen molar-refractivity contribution in [3.8, 4) is 11.5 Å². The molecule has 2 rings (SSSR count).